The Morgan fingerprint density at radius 2 is 2.00 bits per heavy atom. The van der Waals surface area contributed by atoms with Gasteiger partial charge in [-0.3, -0.25) is 9.67 Å². The van der Waals surface area contributed by atoms with E-state index < -0.39 is 0 Å². The van der Waals surface area contributed by atoms with E-state index in [0.29, 0.717) is 6.54 Å². The summed E-state index contributed by atoms with van der Waals surface area (Å²) in [5.74, 6) is 0.797. The molecule has 1 aliphatic heterocycles. The van der Waals surface area contributed by atoms with Crippen molar-refractivity contribution >= 4 is 35.6 Å². The monoisotopic (exact) mass is 454 g/mol. The number of rotatable bonds is 4. The lowest BCUT2D eigenvalue weighted by Gasteiger charge is -2.28. The molecule has 0 spiro atoms. The maximum atomic E-state index is 4.29. The van der Waals surface area contributed by atoms with E-state index >= 15 is 0 Å². The standard InChI is InChI=1S/C18H26N6.HI/c1-19-18(21-13-16-8-9-22-24(16)3)20-12-14-6-7-17-15(11-14)5-4-10-23(17)2;/h6-9,11H,4-5,10,12-13H2,1-3H3,(H2,19,20,21);1H. The van der Waals surface area contributed by atoms with Gasteiger partial charge in [-0.15, -0.1) is 24.0 Å². The van der Waals surface area contributed by atoms with E-state index in [0.717, 1.165) is 24.7 Å². The van der Waals surface area contributed by atoms with Gasteiger partial charge in [-0.05, 0) is 36.1 Å². The quantitative estimate of drug-likeness (QED) is 0.423. The van der Waals surface area contributed by atoms with E-state index in [1.165, 1.54) is 29.7 Å². The second-order valence-corrected chi connectivity index (χ2v) is 6.21. The van der Waals surface area contributed by atoms with Crippen molar-refractivity contribution in [3.63, 3.8) is 0 Å². The first-order valence-electron chi connectivity index (χ1n) is 8.41. The first kappa shape index (κ1) is 19.6. The number of aryl methyl sites for hydroxylation is 2. The zero-order chi connectivity index (χ0) is 16.9. The van der Waals surface area contributed by atoms with Crippen molar-refractivity contribution in [2.45, 2.75) is 25.9 Å². The molecule has 1 aromatic heterocycles. The van der Waals surface area contributed by atoms with Gasteiger partial charge >= 0.3 is 0 Å². The summed E-state index contributed by atoms with van der Waals surface area (Å²) in [5, 5.41) is 10.9. The smallest absolute Gasteiger partial charge is 0.191 e. The largest absolute Gasteiger partial charge is 0.374 e. The summed E-state index contributed by atoms with van der Waals surface area (Å²) in [5.41, 5.74) is 5.21. The maximum absolute atomic E-state index is 4.29. The van der Waals surface area contributed by atoms with Crippen molar-refractivity contribution in [1.82, 2.24) is 20.4 Å². The third-order valence-corrected chi connectivity index (χ3v) is 4.54. The fraction of sp³-hybridized carbons (Fsp3) is 0.444. The van der Waals surface area contributed by atoms with Gasteiger partial charge in [-0.1, -0.05) is 12.1 Å². The van der Waals surface area contributed by atoms with Gasteiger partial charge in [-0.25, -0.2) is 0 Å². The van der Waals surface area contributed by atoms with Gasteiger partial charge in [0.05, 0.1) is 12.2 Å². The van der Waals surface area contributed by atoms with Gasteiger partial charge < -0.3 is 15.5 Å². The van der Waals surface area contributed by atoms with Crippen molar-refractivity contribution in [3.05, 3.63) is 47.3 Å². The minimum atomic E-state index is 0. The predicted molar refractivity (Wildman–Crippen MR) is 114 cm³/mol. The SMILES string of the molecule is CN=C(NCc1ccc2c(c1)CCCN2C)NCc1ccnn1C.I. The number of anilines is 1. The summed E-state index contributed by atoms with van der Waals surface area (Å²) in [7, 11) is 5.90. The molecule has 0 radical (unpaired) electrons. The molecule has 1 aromatic carbocycles. The number of aromatic nitrogens is 2. The molecule has 25 heavy (non-hydrogen) atoms. The van der Waals surface area contributed by atoms with Crippen molar-refractivity contribution in [2.24, 2.45) is 12.0 Å². The number of fused-ring (bicyclic) bond motifs is 1. The zero-order valence-electron chi connectivity index (χ0n) is 15.1. The molecule has 2 aromatic rings. The number of hydrogen-bond donors (Lipinski definition) is 2. The summed E-state index contributed by atoms with van der Waals surface area (Å²) in [4.78, 5) is 6.63. The Labute approximate surface area is 166 Å². The molecule has 0 saturated heterocycles. The van der Waals surface area contributed by atoms with Crippen molar-refractivity contribution in [2.75, 3.05) is 25.5 Å². The Morgan fingerprint density at radius 3 is 2.72 bits per heavy atom. The lowest BCUT2D eigenvalue weighted by Crippen LogP contribution is -2.36. The van der Waals surface area contributed by atoms with Crippen molar-refractivity contribution in [1.29, 1.82) is 0 Å². The molecule has 136 valence electrons. The van der Waals surface area contributed by atoms with E-state index in [1.54, 1.807) is 13.2 Å². The Kier molecular flexibility index (Phi) is 7.10. The minimum absolute atomic E-state index is 0. The topological polar surface area (TPSA) is 57.5 Å². The van der Waals surface area contributed by atoms with Crippen LogP contribution in [0, 0.1) is 0 Å². The highest BCUT2D eigenvalue weighted by molar-refractivity contribution is 14.0. The van der Waals surface area contributed by atoms with E-state index in [-0.39, 0.29) is 24.0 Å². The molecule has 0 atom stereocenters. The first-order valence-corrected chi connectivity index (χ1v) is 8.41. The van der Waals surface area contributed by atoms with Crippen LogP contribution in [-0.2, 0) is 26.6 Å². The van der Waals surface area contributed by atoms with E-state index in [9.17, 15) is 0 Å². The Hall–Kier alpha value is -1.77. The number of nitrogens with zero attached hydrogens (tertiary/aromatic N) is 4. The van der Waals surface area contributed by atoms with Gasteiger partial charge in [0.25, 0.3) is 0 Å². The maximum Gasteiger partial charge on any atom is 0.191 e. The van der Waals surface area contributed by atoms with Gasteiger partial charge in [0.1, 0.15) is 0 Å². The molecule has 3 rings (SSSR count). The molecule has 0 fully saturated rings. The van der Waals surface area contributed by atoms with E-state index in [4.69, 9.17) is 0 Å². The third-order valence-electron chi connectivity index (χ3n) is 4.54. The molecule has 0 amide bonds. The Morgan fingerprint density at radius 1 is 1.20 bits per heavy atom. The van der Waals surface area contributed by atoms with Crippen LogP contribution < -0.4 is 15.5 Å². The molecule has 7 heteroatoms. The molecule has 0 bridgehead atoms. The number of aliphatic imine (C=N–C) groups is 1. The first-order chi connectivity index (χ1) is 11.7. The Bertz CT molecular complexity index is 724. The van der Waals surface area contributed by atoms with Crippen LogP contribution in [0.4, 0.5) is 5.69 Å². The van der Waals surface area contributed by atoms with Crippen LogP contribution in [0.2, 0.25) is 0 Å². The lowest BCUT2D eigenvalue weighted by atomic mass is 9.99. The van der Waals surface area contributed by atoms with Crippen molar-refractivity contribution < 1.29 is 0 Å². The number of benzene rings is 1. The fourth-order valence-electron chi connectivity index (χ4n) is 3.10. The van der Waals surface area contributed by atoms with Gasteiger partial charge in [0.15, 0.2) is 5.96 Å². The molecule has 0 unspecified atom stereocenters. The fourth-order valence-corrected chi connectivity index (χ4v) is 3.10. The van der Waals surface area contributed by atoms with Crippen LogP contribution in [-0.4, -0.2) is 36.4 Å². The Balaban J connectivity index is 0.00000225. The summed E-state index contributed by atoms with van der Waals surface area (Å²) in [6, 6.07) is 8.74. The summed E-state index contributed by atoms with van der Waals surface area (Å²) < 4.78 is 1.86. The van der Waals surface area contributed by atoms with Gasteiger partial charge in [0.2, 0.25) is 0 Å². The summed E-state index contributed by atoms with van der Waals surface area (Å²) in [6.07, 6.45) is 4.20. The molecular weight excluding hydrogens is 427 g/mol. The highest BCUT2D eigenvalue weighted by Crippen LogP contribution is 2.26. The highest BCUT2D eigenvalue weighted by atomic mass is 127. The number of halogens is 1. The molecule has 2 N–H and O–H groups in total. The average molecular weight is 454 g/mol. The highest BCUT2D eigenvalue weighted by Gasteiger charge is 2.13. The summed E-state index contributed by atoms with van der Waals surface area (Å²) in [6.45, 7) is 2.61. The van der Waals surface area contributed by atoms with Gasteiger partial charge in [-0.2, -0.15) is 5.10 Å². The summed E-state index contributed by atoms with van der Waals surface area (Å²) >= 11 is 0. The third kappa shape index (κ3) is 4.87. The van der Waals surface area contributed by atoms with Crippen LogP contribution in [0.3, 0.4) is 0 Å². The van der Waals surface area contributed by atoms with Crippen molar-refractivity contribution in [3.8, 4) is 0 Å². The normalized spacial score (nSPS) is 13.9. The number of hydrogen-bond acceptors (Lipinski definition) is 3. The van der Waals surface area contributed by atoms with Crippen LogP contribution in [0.1, 0.15) is 23.2 Å². The van der Waals surface area contributed by atoms with Crippen LogP contribution in [0.15, 0.2) is 35.5 Å². The van der Waals surface area contributed by atoms with Crippen LogP contribution in [0.25, 0.3) is 0 Å². The predicted octanol–water partition coefficient (Wildman–Crippen LogP) is 2.29. The molecule has 0 aliphatic carbocycles. The molecule has 0 saturated carbocycles. The number of guanidine groups is 1. The lowest BCUT2D eigenvalue weighted by molar-refractivity contribution is 0.684. The van der Waals surface area contributed by atoms with E-state index in [1.807, 2.05) is 17.8 Å². The van der Waals surface area contributed by atoms with Crippen LogP contribution >= 0.6 is 24.0 Å². The number of nitrogens with one attached hydrogen (secondary N) is 2. The van der Waals surface area contributed by atoms with E-state index in [2.05, 4.69) is 50.9 Å². The minimum Gasteiger partial charge on any atom is -0.374 e. The average Bonchev–Trinajstić information content (AvgIpc) is 3.00. The molecule has 1 aliphatic rings. The molecule has 2 heterocycles. The zero-order valence-corrected chi connectivity index (χ0v) is 17.4. The second kappa shape index (κ2) is 9.07. The van der Waals surface area contributed by atoms with Gasteiger partial charge in [0, 0.05) is 46.1 Å². The van der Waals surface area contributed by atoms with Crippen LogP contribution in [0.5, 0.6) is 0 Å². The molecule has 6 nitrogen and oxygen atoms in total. The second-order valence-electron chi connectivity index (χ2n) is 6.21. The molecular formula is C18H27IN6.